The molecule has 1 amide bonds. The van der Waals surface area contributed by atoms with E-state index < -0.39 is 24.3 Å². The van der Waals surface area contributed by atoms with E-state index in [-0.39, 0.29) is 5.56 Å². The number of hydrogen-bond acceptors (Lipinski definition) is 7. The number of aromatic nitrogens is 1. The minimum absolute atomic E-state index is 0.194. The van der Waals surface area contributed by atoms with Crippen molar-refractivity contribution < 1.29 is 32.9 Å². The van der Waals surface area contributed by atoms with Crippen molar-refractivity contribution >= 4 is 28.5 Å². The second-order valence-corrected chi connectivity index (χ2v) is 6.50. The van der Waals surface area contributed by atoms with Gasteiger partial charge in [-0.1, -0.05) is 0 Å². The zero-order valence-electron chi connectivity index (χ0n) is 17.4. The van der Waals surface area contributed by atoms with Crippen LogP contribution in [0, 0.1) is 12.7 Å². The van der Waals surface area contributed by atoms with Gasteiger partial charge in [0.1, 0.15) is 5.82 Å². The molecule has 0 aliphatic rings. The fourth-order valence-corrected chi connectivity index (χ4v) is 3.00. The van der Waals surface area contributed by atoms with Crippen LogP contribution < -0.4 is 19.5 Å². The molecule has 1 heterocycles. The molecule has 162 valence electrons. The van der Waals surface area contributed by atoms with Crippen LogP contribution in [0.25, 0.3) is 10.9 Å². The molecule has 0 saturated carbocycles. The predicted octanol–water partition coefficient (Wildman–Crippen LogP) is 3.50. The largest absolute Gasteiger partial charge is 0.493 e. The maximum absolute atomic E-state index is 13.4. The zero-order valence-corrected chi connectivity index (χ0v) is 17.4. The number of amides is 1. The summed E-state index contributed by atoms with van der Waals surface area (Å²) in [5.74, 6) is -0.578. The summed E-state index contributed by atoms with van der Waals surface area (Å²) in [6.45, 7) is 1.09. The lowest BCUT2D eigenvalue weighted by Crippen LogP contribution is -2.21. The smallest absolute Gasteiger partial charge is 0.340 e. The number of halogens is 1. The van der Waals surface area contributed by atoms with Gasteiger partial charge >= 0.3 is 5.97 Å². The molecule has 0 spiro atoms. The van der Waals surface area contributed by atoms with E-state index in [0.29, 0.717) is 39.5 Å². The zero-order chi connectivity index (χ0) is 22.5. The lowest BCUT2D eigenvalue weighted by molar-refractivity contribution is -0.119. The van der Waals surface area contributed by atoms with Crippen molar-refractivity contribution in [2.45, 2.75) is 6.92 Å². The molecule has 0 atom stereocenters. The number of carbonyl (C=O) groups is 2. The average Bonchev–Trinajstić information content (AvgIpc) is 2.76. The maximum Gasteiger partial charge on any atom is 0.340 e. The molecule has 2 aromatic carbocycles. The van der Waals surface area contributed by atoms with Crippen molar-refractivity contribution in [1.82, 2.24) is 4.98 Å². The number of ether oxygens (including phenoxy) is 4. The van der Waals surface area contributed by atoms with Crippen molar-refractivity contribution in [2.75, 3.05) is 33.3 Å². The molecule has 1 aromatic heterocycles. The Morgan fingerprint density at radius 1 is 1.00 bits per heavy atom. The molecule has 31 heavy (non-hydrogen) atoms. The van der Waals surface area contributed by atoms with Crippen LogP contribution >= 0.6 is 0 Å². The lowest BCUT2D eigenvalue weighted by Gasteiger charge is -2.14. The van der Waals surface area contributed by atoms with E-state index >= 15 is 0 Å². The van der Waals surface area contributed by atoms with Gasteiger partial charge in [0, 0.05) is 29.3 Å². The molecule has 8 nitrogen and oxygen atoms in total. The van der Waals surface area contributed by atoms with E-state index in [1.165, 1.54) is 39.5 Å². The molecule has 3 aromatic rings. The Balaban J connectivity index is 1.70. The standard InChI is InChI=1S/C22H21FN2O6/c1-12-16(7-13-5-6-14(23)8-17(13)24-12)22(27)31-11-20(26)25-15-9-18(28-2)21(30-4)19(10-15)29-3/h5-10H,11H2,1-4H3,(H,25,26). The fraction of sp³-hybridized carbons (Fsp3) is 0.227. The van der Waals surface area contributed by atoms with Crippen LogP contribution in [0.1, 0.15) is 16.1 Å². The van der Waals surface area contributed by atoms with Crippen LogP contribution in [0.15, 0.2) is 36.4 Å². The maximum atomic E-state index is 13.4. The Morgan fingerprint density at radius 2 is 1.68 bits per heavy atom. The molecule has 0 saturated heterocycles. The van der Waals surface area contributed by atoms with E-state index in [0.717, 1.165) is 0 Å². The SMILES string of the molecule is COc1cc(NC(=O)COC(=O)c2cc3ccc(F)cc3nc2C)cc(OC)c1OC. The average molecular weight is 428 g/mol. The van der Waals surface area contributed by atoms with Gasteiger partial charge in [0.2, 0.25) is 5.75 Å². The van der Waals surface area contributed by atoms with Crippen molar-refractivity contribution in [3.8, 4) is 17.2 Å². The molecule has 9 heteroatoms. The number of methoxy groups -OCH3 is 3. The number of nitrogens with zero attached hydrogens (tertiary/aromatic N) is 1. The Morgan fingerprint density at radius 3 is 2.29 bits per heavy atom. The minimum atomic E-state index is -0.712. The Bertz CT molecular complexity index is 1120. The van der Waals surface area contributed by atoms with Gasteiger partial charge in [-0.15, -0.1) is 0 Å². The second kappa shape index (κ2) is 9.29. The summed E-state index contributed by atoms with van der Waals surface area (Å²) in [4.78, 5) is 28.9. The second-order valence-electron chi connectivity index (χ2n) is 6.50. The normalized spacial score (nSPS) is 10.5. The summed E-state index contributed by atoms with van der Waals surface area (Å²) in [5, 5.41) is 3.20. The molecule has 0 bridgehead atoms. The van der Waals surface area contributed by atoms with Gasteiger partial charge in [0.25, 0.3) is 5.91 Å². The van der Waals surface area contributed by atoms with Crippen LogP contribution in [-0.2, 0) is 9.53 Å². The van der Waals surface area contributed by atoms with Crippen LogP contribution in [0.4, 0.5) is 10.1 Å². The summed E-state index contributed by atoms with van der Waals surface area (Å²) < 4.78 is 34.2. The molecule has 0 radical (unpaired) electrons. The quantitative estimate of drug-likeness (QED) is 0.576. The van der Waals surface area contributed by atoms with Gasteiger partial charge < -0.3 is 24.3 Å². The predicted molar refractivity (Wildman–Crippen MR) is 111 cm³/mol. The van der Waals surface area contributed by atoms with Crippen molar-refractivity contribution in [1.29, 1.82) is 0 Å². The highest BCUT2D eigenvalue weighted by atomic mass is 19.1. The van der Waals surface area contributed by atoms with Crippen LogP contribution in [0.3, 0.4) is 0 Å². The number of hydrogen-bond donors (Lipinski definition) is 1. The summed E-state index contributed by atoms with van der Waals surface area (Å²) in [6.07, 6.45) is 0. The fourth-order valence-electron chi connectivity index (χ4n) is 3.00. The molecular weight excluding hydrogens is 407 g/mol. The molecule has 3 rings (SSSR count). The van der Waals surface area contributed by atoms with Gasteiger partial charge in [-0.3, -0.25) is 9.78 Å². The number of rotatable bonds is 7. The monoisotopic (exact) mass is 428 g/mol. The summed E-state index contributed by atoms with van der Waals surface area (Å²) in [5.41, 5.74) is 1.36. The number of esters is 1. The topological polar surface area (TPSA) is 96.0 Å². The Kier molecular flexibility index (Phi) is 6.54. The summed E-state index contributed by atoms with van der Waals surface area (Å²) in [7, 11) is 4.39. The molecular formula is C22H21FN2O6. The number of fused-ring (bicyclic) bond motifs is 1. The third-order valence-electron chi connectivity index (χ3n) is 4.47. The van der Waals surface area contributed by atoms with E-state index in [4.69, 9.17) is 18.9 Å². The first-order valence-electron chi connectivity index (χ1n) is 9.20. The van der Waals surface area contributed by atoms with Crippen LogP contribution in [0.5, 0.6) is 17.2 Å². The van der Waals surface area contributed by atoms with E-state index in [9.17, 15) is 14.0 Å². The third kappa shape index (κ3) is 4.82. The highest BCUT2D eigenvalue weighted by molar-refractivity contribution is 5.98. The number of carbonyl (C=O) groups excluding carboxylic acids is 2. The Hall–Kier alpha value is -3.88. The highest BCUT2D eigenvalue weighted by Gasteiger charge is 2.17. The minimum Gasteiger partial charge on any atom is -0.493 e. The number of anilines is 1. The number of nitrogens with one attached hydrogen (secondary N) is 1. The van der Waals surface area contributed by atoms with E-state index in [1.807, 2.05) is 0 Å². The van der Waals surface area contributed by atoms with Gasteiger partial charge in [0.05, 0.1) is 38.1 Å². The van der Waals surface area contributed by atoms with Crippen molar-refractivity contribution in [2.24, 2.45) is 0 Å². The molecule has 0 fully saturated rings. The van der Waals surface area contributed by atoms with Crippen LogP contribution in [0.2, 0.25) is 0 Å². The molecule has 0 unspecified atom stereocenters. The molecule has 0 aliphatic heterocycles. The first kappa shape index (κ1) is 21.8. The summed E-state index contributed by atoms with van der Waals surface area (Å²) >= 11 is 0. The number of pyridine rings is 1. The first-order chi connectivity index (χ1) is 14.9. The highest BCUT2D eigenvalue weighted by Crippen LogP contribution is 2.39. The van der Waals surface area contributed by atoms with Gasteiger partial charge in [-0.05, 0) is 25.1 Å². The first-order valence-corrected chi connectivity index (χ1v) is 9.20. The van der Waals surface area contributed by atoms with E-state index in [1.54, 1.807) is 25.1 Å². The Labute approximate surface area is 177 Å². The van der Waals surface area contributed by atoms with Gasteiger partial charge in [-0.25, -0.2) is 9.18 Å². The van der Waals surface area contributed by atoms with Crippen molar-refractivity contribution in [3.63, 3.8) is 0 Å². The summed E-state index contributed by atoms with van der Waals surface area (Å²) in [6, 6.07) is 8.73. The van der Waals surface area contributed by atoms with Crippen LogP contribution in [-0.4, -0.2) is 44.8 Å². The number of benzene rings is 2. The lowest BCUT2D eigenvalue weighted by atomic mass is 10.1. The van der Waals surface area contributed by atoms with Crippen molar-refractivity contribution in [3.05, 3.63) is 53.5 Å². The number of aryl methyl sites for hydroxylation is 1. The van der Waals surface area contributed by atoms with Gasteiger partial charge in [-0.2, -0.15) is 0 Å². The molecule has 1 N–H and O–H groups in total. The molecule has 0 aliphatic carbocycles. The van der Waals surface area contributed by atoms with E-state index in [2.05, 4.69) is 10.3 Å². The van der Waals surface area contributed by atoms with Gasteiger partial charge in [0.15, 0.2) is 18.1 Å². The third-order valence-corrected chi connectivity index (χ3v) is 4.47.